The number of hydrogen-bond donors (Lipinski definition) is 0. The zero-order valence-electron chi connectivity index (χ0n) is 14.6. The van der Waals surface area contributed by atoms with Gasteiger partial charge in [0.05, 0.1) is 0 Å². The van der Waals surface area contributed by atoms with E-state index < -0.39 is 38.3 Å². The molecule has 0 unspecified atom stereocenters. The molecule has 0 aliphatic carbocycles. The van der Waals surface area contributed by atoms with Crippen LogP contribution in [0.1, 0.15) is 0 Å². The smallest absolute Gasteiger partial charge is 0.260 e. The van der Waals surface area contributed by atoms with Crippen molar-refractivity contribution in [3.05, 3.63) is 59.9 Å². The van der Waals surface area contributed by atoms with Gasteiger partial charge in [0, 0.05) is 32.2 Å². The summed E-state index contributed by atoms with van der Waals surface area (Å²) in [4.78, 5) is 12.6. The van der Waals surface area contributed by atoms with Crippen molar-refractivity contribution < 1.29 is 31.1 Å². The highest BCUT2D eigenvalue weighted by Crippen LogP contribution is 2.23. The largest absolute Gasteiger partial charge is 0.484 e. The van der Waals surface area contributed by atoms with E-state index in [9.17, 15) is 26.4 Å². The Hall–Kier alpha value is -2.59. The molecule has 0 aromatic heterocycles. The number of rotatable bonds is 5. The first kappa shape index (κ1) is 20.2. The molecule has 1 heterocycles. The zero-order chi connectivity index (χ0) is 20.3. The molecule has 1 saturated heterocycles. The van der Waals surface area contributed by atoms with Gasteiger partial charge < -0.3 is 9.64 Å². The molecule has 0 atom stereocenters. The predicted octanol–water partition coefficient (Wildman–Crippen LogP) is 2.02. The van der Waals surface area contributed by atoms with Crippen LogP contribution < -0.4 is 4.74 Å². The van der Waals surface area contributed by atoms with Crippen molar-refractivity contribution in [3.8, 4) is 5.75 Å². The second-order valence-electron chi connectivity index (χ2n) is 6.08. The first-order valence-corrected chi connectivity index (χ1v) is 9.83. The maximum Gasteiger partial charge on any atom is 0.260 e. The molecule has 0 saturated carbocycles. The van der Waals surface area contributed by atoms with Gasteiger partial charge in [-0.3, -0.25) is 4.79 Å². The van der Waals surface area contributed by atoms with E-state index in [1.807, 2.05) is 0 Å². The van der Waals surface area contributed by atoms with E-state index in [0.717, 1.165) is 28.6 Å². The molecule has 150 valence electrons. The maximum absolute atomic E-state index is 13.8. The summed E-state index contributed by atoms with van der Waals surface area (Å²) in [5.41, 5.74) is 0. The molecule has 1 amide bonds. The Bertz CT molecular complexity index is 956. The molecule has 1 fully saturated rings. The van der Waals surface area contributed by atoms with Crippen molar-refractivity contribution in [3.63, 3.8) is 0 Å². The fourth-order valence-corrected chi connectivity index (χ4v) is 4.36. The summed E-state index contributed by atoms with van der Waals surface area (Å²) >= 11 is 0. The van der Waals surface area contributed by atoms with E-state index in [1.165, 1.54) is 23.1 Å². The quantitative estimate of drug-likeness (QED) is 0.751. The van der Waals surface area contributed by atoms with Gasteiger partial charge in [0.1, 0.15) is 23.2 Å². The van der Waals surface area contributed by atoms with Crippen molar-refractivity contribution in [2.75, 3.05) is 32.8 Å². The molecule has 1 aliphatic heterocycles. The average Bonchev–Trinajstić information content (AvgIpc) is 2.66. The van der Waals surface area contributed by atoms with Gasteiger partial charge in [-0.15, -0.1) is 0 Å². The molecule has 3 rings (SSSR count). The third-order valence-electron chi connectivity index (χ3n) is 4.27. The molecule has 28 heavy (non-hydrogen) atoms. The molecule has 0 N–H and O–H groups in total. The van der Waals surface area contributed by atoms with Crippen LogP contribution in [0.5, 0.6) is 5.75 Å². The number of carbonyl (C=O) groups is 1. The predicted molar refractivity (Wildman–Crippen MR) is 93.6 cm³/mol. The van der Waals surface area contributed by atoms with Gasteiger partial charge in [-0.25, -0.2) is 21.6 Å². The number of benzene rings is 2. The van der Waals surface area contributed by atoms with Gasteiger partial charge in [0.2, 0.25) is 10.0 Å². The Morgan fingerprint density at radius 2 is 1.57 bits per heavy atom. The van der Waals surface area contributed by atoms with Crippen molar-refractivity contribution in [2.24, 2.45) is 0 Å². The van der Waals surface area contributed by atoms with Crippen LogP contribution in [0.25, 0.3) is 0 Å². The summed E-state index contributed by atoms with van der Waals surface area (Å²) in [6.45, 7) is -0.469. The van der Waals surface area contributed by atoms with Crippen molar-refractivity contribution in [1.29, 1.82) is 0 Å². The standard InChI is InChI=1S/C18H17F3N2O4S/c19-13-3-1-4-14(11-13)27-12-17(24)22-7-9-23(10-8-22)28(25,26)18-15(20)5-2-6-16(18)21/h1-6,11H,7-10,12H2. The Morgan fingerprint density at radius 3 is 2.18 bits per heavy atom. The highest BCUT2D eigenvalue weighted by molar-refractivity contribution is 7.89. The van der Waals surface area contributed by atoms with Gasteiger partial charge in [0.15, 0.2) is 11.5 Å². The van der Waals surface area contributed by atoms with E-state index in [0.29, 0.717) is 0 Å². The highest BCUT2D eigenvalue weighted by atomic mass is 32.2. The minimum atomic E-state index is -4.36. The third-order valence-corrected chi connectivity index (χ3v) is 6.22. The van der Waals surface area contributed by atoms with Crippen LogP contribution in [0, 0.1) is 17.5 Å². The van der Waals surface area contributed by atoms with E-state index >= 15 is 0 Å². The second kappa shape index (κ2) is 8.19. The summed E-state index contributed by atoms with van der Waals surface area (Å²) < 4.78 is 72.0. The molecule has 10 heteroatoms. The van der Waals surface area contributed by atoms with Gasteiger partial charge in [-0.05, 0) is 24.3 Å². The van der Waals surface area contributed by atoms with E-state index in [2.05, 4.69) is 0 Å². The topological polar surface area (TPSA) is 66.9 Å². The highest BCUT2D eigenvalue weighted by Gasteiger charge is 2.34. The Labute approximate surface area is 160 Å². The minimum absolute atomic E-state index is 0.0423. The molecule has 1 aliphatic rings. The third kappa shape index (κ3) is 4.28. The first-order chi connectivity index (χ1) is 13.3. The number of halogens is 3. The molecular formula is C18H17F3N2O4S. The molecule has 0 bridgehead atoms. The number of amides is 1. The van der Waals surface area contributed by atoms with Gasteiger partial charge in [-0.2, -0.15) is 4.31 Å². The van der Waals surface area contributed by atoms with Gasteiger partial charge >= 0.3 is 0 Å². The Kier molecular flexibility index (Phi) is 5.90. The number of piperazine rings is 1. The number of ether oxygens (including phenoxy) is 1. The van der Waals surface area contributed by atoms with Gasteiger partial charge in [0.25, 0.3) is 5.91 Å². The minimum Gasteiger partial charge on any atom is -0.484 e. The molecule has 0 spiro atoms. The summed E-state index contributed by atoms with van der Waals surface area (Å²) in [6.07, 6.45) is 0. The normalized spacial score (nSPS) is 15.5. The number of hydrogen-bond acceptors (Lipinski definition) is 4. The van der Waals surface area contributed by atoms with Crippen molar-refractivity contribution in [2.45, 2.75) is 4.90 Å². The summed E-state index contributed by atoms with van der Waals surface area (Å²) in [5.74, 6) is -3.03. The molecular weight excluding hydrogens is 397 g/mol. The van der Waals surface area contributed by atoms with Crippen LogP contribution in [0.2, 0.25) is 0 Å². The summed E-state index contributed by atoms with van der Waals surface area (Å²) in [7, 11) is -4.36. The molecule has 0 radical (unpaired) electrons. The fraction of sp³-hybridized carbons (Fsp3) is 0.278. The fourth-order valence-electron chi connectivity index (χ4n) is 2.83. The number of carbonyl (C=O) groups excluding carboxylic acids is 1. The summed E-state index contributed by atoms with van der Waals surface area (Å²) in [6, 6.07) is 8.16. The van der Waals surface area contributed by atoms with Gasteiger partial charge in [-0.1, -0.05) is 12.1 Å². The van der Waals surface area contributed by atoms with Crippen LogP contribution in [0.4, 0.5) is 13.2 Å². The second-order valence-corrected chi connectivity index (χ2v) is 7.96. The van der Waals surface area contributed by atoms with Crippen LogP contribution in [-0.4, -0.2) is 56.3 Å². The van der Waals surface area contributed by atoms with E-state index in [-0.39, 0.29) is 38.5 Å². The van der Waals surface area contributed by atoms with Crippen LogP contribution in [0.15, 0.2) is 47.4 Å². The molecule has 2 aromatic carbocycles. The van der Waals surface area contributed by atoms with Crippen LogP contribution in [0.3, 0.4) is 0 Å². The lowest BCUT2D eigenvalue weighted by Crippen LogP contribution is -2.51. The lowest BCUT2D eigenvalue weighted by molar-refractivity contribution is -0.134. The lowest BCUT2D eigenvalue weighted by atomic mass is 10.3. The van der Waals surface area contributed by atoms with E-state index in [4.69, 9.17) is 4.74 Å². The summed E-state index contributed by atoms with van der Waals surface area (Å²) in [5, 5.41) is 0. The Morgan fingerprint density at radius 1 is 0.964 bits per heavy atom. The van der Waals surface area contributed by atoms with Crippen molar-refractivity contribution in [1.82, 2.24) is 9.21 Å². The maximum atomic E-state index is 13.8. The van der Waals surface area contributed by atoms with Crippen LogP contribution in [-0.2, 0) is 14.8 Å². The molecule has 6 nitrogen and oxygen atoms in total. The monoisotopic (exact) mass is 414 g/mol. The number of sulfonamides is 1. The Balaban J connectivity index is 1.60. The van der Waals surface area contributed by atoms with Crippen molar-refractivity contribution >= 4 is 15.9 Å². The molecule has 2 aromatic rings. The zero-order valence-corrected chi connectivity index (χ0v) is 15.5. The van der Waals surface area contributed by atoms with E-state index in [1.54, 1.807) is 0 Å². The average molecular weight is 414 g/mol. The van der Waals surface area contributed by atoms with Crippen LogP contribution >= 0.6 is 0 Å². The lowest BCUT2D eigenvalue weighted by Gasteiger charge is -2.34. The SMILES string of the molecule is O=C(COc1cccc(F)c1)N1CCN(S(=O)(=O)c2c(F)cccc2F)CC1. The first-order valence-electron chi connectivity index (χ1n) is 8.39. The number of nitrogens with zero attached hydrogens (tertiary/aromatic N) is 2.